The molecule has 7 nitrogen and oxygen atoms in total. The molecule has 0 bridgehead atoms. The summed E-state index contributed by atoms with van der Waals surface area (Å²) in [7, 11) is 0. The van der Waals surface area contributed by atoms with Crippen molar-refractivity contribution in [2.24, 2.45) is 23.7 Å². The maximum absolute atomic E-state index is 2.65. The van der Waals surface area contributed by atoms with Crippen molar-refractivity contribution in [3.8, 4) is 0 Å². The van der Waals surface area contributed by atoms with Gasteiger partial charge in [-0.05, 0) is 263 Å². The molecule has 1 unspecified atom stereocenters. The zero-order valence-electron chi connectivity index (χ0n) is 51.4. The van der Waals surface area contributed by atoms with E-state index in [1.54, 1.807) is 11.1 Å². The molecule has 0 radical (unpaired) electrons. The summed E-state index contributed by atoms with van der Waals surface area (Å²) in [4.78, 5) is 18.3. The minimum atomic E-state index is 0.692. The van der Waals surface area contributed by atoms with Crippen LogP contribution in [0, 0.1) is 23.7 Å². The second kappa shape index (κ2) is 38.7. The Labute approximate surface area is 441 Å². The third kappa shape index (κ3) is 29.9. The van der Waals surface area contributed by atoms with E-state index in [2.05, 4.69) is 185 Å². The summed E-state index contributed by atoms with van der Waals surface area (Å²) in [6.07, 6.45) is 24.0. The van der Waals surface area contributed by atoms with E-state index in [-0.39, 0.29) is 0 Å². The Kier molecular flexibility index (Phi) is 37.2. The quantitative estimate of drug-likeness (QED) is 0.201. The summed E-state index contributed by atoms with van der Waals surface area (Å²) < 4.78 is 0. The Morgan fingerprint density at radius 2 is 0.643 bits per heavy atom. The lowest BCUT2D eigenvalue weighted by molar-refractivity contribution is 0.130. The fourth-order valence-corrected chi connectivity index (χ4v) is 11.0. The van der Waals surface area contributed by atoms with Gasteiger partial charge in [0.15, 0.2) is 0 Å². The van der Waals surface area contributed by atoms with Crippen LogP contribution in [0.25, 0.3) is 0 Å². The largest absolute Gasteiger partial charge is 0.301 e. The Morgan fingerprint density at radius 1 is 0.300 bits per heavy atom. The van der Waals surface area contributed by atoms with E-state index >= 15 is 0 Å². The molecule has 0 aliphatic carbocycles. The first kappa shape index (κ1) is 67.2. The van der Waals surface area contributed by atoms with E-state index in [0.717, 1.165) is 48.3 Å². The molecule has 0 N–H and O–H groups in total. The first-order valence-electron chi connectivity index (χ1n) is 30.6. The fourth-order valence-electron chi connectivity index (χ4n) is 11.0. The lowest BCUT2D eigenvalue weighted by Crippen LogP contribution is -2.44. The number of hydrogen-bond donors (Lipinski definition) is 0. The lowest BCUT2D eigenvalue weighted by Gasteiger charge is -2.34. The minimum Gasteiger partial charge on any atom is -0.301 e. The highest BCUT2D eigenvalue weighted by Gasteiger charge is 2.21. The molecule has 7 heteroatoms. The van der Waals surface area contributed by atoms with Crippen LogP contribution in [0.4, 0.5) is 0 Å². The average Bonchev–Trinajstić information content (AvgIpc) is 3.20. The first-order valence-corrected chi connectivity index (χ1v) is 30.6. The number of nitrogens with zero attached hydrogens (tertiary/aromatic N) is 7. The molecule has 0 aromatic rings. The van der Waals surface area contributed by atoms with Gasteiger partial charge in [0.2, 0.25) is 0 Å². The molecule has 0 aromatic heterocycles. The minimum absolute atomic E-state index is 0.692. The molecular weight excluding hydrogens is 855 g/mol. The van der Waals surface area contributed by atoms with Crippen LogP contribution in [-0.4, -0.2) is 168 Å². The Balaban J connectivity index is 0.000000437. The van der Waals surface area contributed by atoms with Gasteiger partial charge in [-0.15, -0.1) is 0 Å². The molecule has 3 saturated heterocycles. The van der Waals surface area contributed by atoms with Crippen LogP contribution in [0.3, 0.4) is 0 Å². The van der Waals surface area contributed by atoms with Crippen molar-refractivity contribution < 1.29 is 0 Å². The zero-order chi connectivity index (χ0) is 52.8. The first-order chi connectivity index (χ1) is 33.0. The summed E-state index contributed by atoms with van der Waals surface area (Å²) in [5, 5.41) is 0. The average molecular weight is 985 g/mol. The van der Waals surface area contributed by atoms with E-state index in [1.807, 2.05) is 0 Å². The van der Waals surface area contributed by atoms with Crippen molar-refractivity contribution in [1.82, 2.24) is 34.3 Å². The Bertz CT molecular complexity index is 1200. The van der Waals surface area contributed by atoms with Gasteiger partial charge in [-0.2, -0.15) is 0 Å². The van der Waals surface area contributed by atoms with Crippen LogP contribution >= 0.6 is 0 Å². The van der Waals surface area contributed by atoms with E-state index in [9.17, 15) is 0 Å². The van der Waals surface area contributed by atoms with Gasteiger partial charge in [0.1, 0.15) is 0 Å². The van der Waals surface area contributed by atoms with Crippen LogP contribution in [0.15, 0.2) is 23.3 Å². The highest BCUT2D eigenvalue weighted by molar-refractivity contribution is 5.07. The summed E-state index contributed by atoms with van der Waals surface area (Å²) in [6, 6.07) is 5.01. The van der Waals surface area contributed by atoms with Crippen LogP contribution < -0.4 is 0 Å². The van der Waals surface area contributed by atoms with Gasteiger partial charge in [0.25, 0.3) is 0 Å². The van der Waals surface area contributed by atoms with Gasteiger partial charge >= 0.3 is 0 Å². The smallest absolute Gasteiger partial charge is 0.0168 e. The van der Waals surface area contributed by atoms with Gasteiger partial charge in [-0.1, -0.05) is 77.7 Å². The third-order valence-corrected chi connectivity index (χ3v) is 16.7. The van der Waals surface area contributed by atoms with Crippen molar-refractivity contribution in [3.05, 3.63) is 23.3 Å². The number of allylic oxidation sites excluding steroid dienone is 2. The second-order valence-electron chi connectivity index (χ2n) is 25.3. The topological polar surface area (TPSA) is 22.7 Å². The van der Waals surface area contributed by atoms with Crippen LogP contribution in [-0.2, 0) is 0 Å². The van der Waals surface area contributed by atoms with Crippen LogP contribution in [0.2, 0.25) is 0 Å². The van der Waals surface area contributed by atoms with E-state index in [1.165, 1.54) is 175 Å². The van der Waals surface area contributed by atoms with Crippen molar-refractivity contribution in [3.63, 3.8) is 0 Å². The number of rotatable bonds is 10. The van der Waals surface area contributed by atoms with Crippen molar-refractivity contribution in [2.45, 2.75) is 271 Å². The molecular formula is C63H129N7. The van der Waals surface area contributed by atoms with Crippen LogP contribution in [0.5, 0.6) is 0 Å². The summed E-state index contributed by atoms with van der Waals surface area (Å²) in [5.41, 5.74) is 3.32. The highest BCUT2D eigenvalue weighted by Crippen LogP contribution is 2.25. The molecule has 0 aromatic carbocycles. The van der Waals surface area contributed by atoms with E-state index in [0.29, 0.717) is 24.2 Å². The summed E-state index contributed by atoms with van der Waals surface area (Å²) in [6.45, 7) is 64.1. The summed E-state index contributed by atoms with van der Waals surface area (Å²) in [5.74, 6) is 3.32. The third-order valence-electron chi connectivity index (χ3n) is 16.7. The summed E-state index contributed by atoms with van der Waals surface area (Å²) >= 11 is 0. The monoisotopic (exact) mass is 984 g/mol. The van der Waals surface area contributed by atoms with Gasteiger partial charge < -0.3 is 19.6 Å². The maximum atomic E-state index is 2.65. The van der Waals surface area contributed by atoms with Gasteiger partial charge in [-0.3, -0.25) is 14.7 Å². The van der Waals surface area contributed by atoms with Crippen molar-refractivity contribution >= 4 is 0 Å². The van der Waals surface area contributed by atoms with Crippen LogP contribution in [0.1, 0.15) is 228 Å². The molecule has 5 rings (SSSR count). The number of likely N-dealkylation sites (tertiary alicyclic amines) is 1. The van der Waals surface area contributed by atoms with Crippen molar-refractivity contribution in [1.29, 1.82) is 0 Å². The lowest BCUT2D eigenvalue weighted by atomic mass is 9.86. The van der Waals surface area contributed by atoms with Gasteiger partial charge in [-0.25, -0.2) is 0 Å². The second-order valence-corrected chi connectivity index (χ2v) is 25.3. The normalized spacial score (nSPS) is 24.2. The Morgan fingerprint density at radius 3 is 1.07 bits per heavy atom. The molecule has 70 heavy (non-hydrogen) atoms. The predicted octanol–water partition coefficient (Wildman–Crippen LogP) is 14.9. The van der Waals surface area contributed by atoms with Gasteiger partial charge in [0.05, 0.1) is 0 Å². The van der Waals surface area contributed by atoms with E-state index < -0.39 is 0 Å². The zero-order valence-corrected chi connectivity index (χ0v) is 51.4. The van der Waals surface area contributed by atoms with Gasteiger partial charge in [0, 0.05) is 68.5 Å². The molecule has 0 saturated carbocycles. The standard InChI is InChI=1S/C13H27N.2C13H25N.2C12H26N2/c3*1-11(2)13-7-5-6-9-14(10-8-13)12(3)4;1-11(2)13-7-5-9-14(12(3)4)10-6-8-13;1-11(2)13-7-5-6-8-14(10-9-13)12(3)4/h11-13H,5-10H2,1-4H3;8,11-12H,5-7,9-10H2,1-4H3;7,11-12H,5-6,8-10H2,1-4H3;2*11-12H,5-10H2,1-4H3/b;13-8+;13-7+;;. The number of hydrogen-bond acceptors (Lipinski definition) is 7. The van der Waals surface area contributed by atoms with E-state index in [4.69, 9.17) is 0 Å². The fraction of sp³-hybridized carbons (Fsp3) is 0.937. The predicted molar refractivity (Wildman–Crippen MR) is 316 cm³/mol. The molecule has 5 aliphatic rings. The molecule has 0 spiro atoms. The maximum Gasteiger partial charge on any atom is 0.0168 e. The van der Waals surface area contributed by atoms with Crippen molar-refractivity contribution in [2.75, 3.05) is 91.6 Å². The molecule has 5 heterocycles. The molecule has 0 amide bonds. The molecule has 1 atom stereocenters. The SMILES string of the molecule is CC(C)/C1=C/CCCN(C(C)C)CC1.CC(C)/C1=C/CN(C(C)C)CCCC1.CC(C)C1CCCCN(C(C)C)CC1.CC(C)N1CCCCN(C(C)C)CC1.CC(C)N1CCCN(C(C)C)CCC1. The molecule has 416 valence electrons. The Hall–Kier alpha value is -0.800. The molecule has 5 aliphatic heterocycles. The highest BCUT2D eigenvalue weighted by atomic mass is 15.2. The molecule has 3 fully saturated rings.